The molecule has 0 aliphatic heterocycles. The number of unbranched alkanes of at least 4 members (excludes halogenated alkanes) is 4. The normalized spacial score (nSPS) is 10.6. The van der Waals surface area contributed by atoms with Crippen molar-refractivity contribution in [2.24, 2.45) is 0 Å². The lowest BCUT2D eigenvalue weighted by Crippen LogP contribution is -2.38. The third kappa shape index (κ3) is 8.98. The number of carboxylic acid groups (broad SMARTS) is 1. The molecule has 0 spiro atoms. The smallest absolute Gasteiger partial charge is 0.321 e. The van der Waals surface area contributed by atoms with Crippen molar-refractivity contribution in [1.82, 2.24) is 5.32 Å². The summed E-state index contributed by atoms with van der Waals surface area (Å²) in [5.41, 5.74) is 4.57. The summed E-state index contributed by atoms with van der Waals surface area (Å²) in [7, 11) is 1.75. The third-order valence-electron chi connectivity index (χ3n) is 6.33. The fraction of sp³-hybridized carbons (Fsp3) is 0.355. The molecule has 0 saturated carbocycles. The summed E-state index contributed by atoms with van der Waals surface area (Å²) >= 11 is 0. The van der Waals surface area contributed by atoms with Gasteiger partial charge in [0, 0.05) is 25.6 Å². The number of hydrogen-bond donors (Lipinski definition) is 2. The lowest BCUT2D eigenvalue weighted by atomic mass is 9.99. The number of hydrogen-bond acceptors (Lipinski definition) is 3. The second kappa shape index (κ2) is 14.7. The van der Waals surface area contributed by atoms with E-state index in [2.05, 4.69) is 12.2 Å². The number of urea groups is 1. The van der Waals surface area contributed by atoms with Gasteiger partial charge in [0.15, 0.2) is 0 Å². The molecule has 6 heteroatoms. The minimum absolute atomic E-state index is 0.0416. The Kier molecular flexibility index (Phi) is 11.0. The zero-order chi connectivity index (χ0) is 26.5. The Morgan fingerprint density at radius 1 is 0.892 bits per heavy atom. The van der Waals surface area contributed by atoms with Crippen LogP contribution in [0.5, 0.6) is 5.75 Å². The lowest BCUT2D eigenvalue weighted by Gasteiger charge is -2.22. The number of amides is 2. The van der Waals surface area contributed by atoms with Gasteiger partial charge in [-0.3, -0.25) is 9.69 Å². The lowest BCUT2D eigenvalue weighted by molar-refractivity contribution is -0.136. The molecule has 37 heavy (non-hydrogen) atoms. The van der Waals surface area contributed by atoms with E-state index in [9.17, 15) is 9.59 Å². The molecule has 196 valence electrons. The Bertz CT molecular complexity index is 1130. The van der Waals surface area contributed by atoms with Crippen LogP contribution < -0.4 is 15.0 Å². The highest BCUT2D eigenvalue weighted by Crippen LogP contribution is 2.33. The fourth-order valence-electron chi connectivity index (χ4n) is 4.13. The van der Waals surface area contributed by atoms with E-state index < -0.39 is 5.97 Å². The van der Waals surface area contributed by atoms with Crippen molar-refractivity contribution in [2.45, 2.75) is 58.5 Å². The summed E-state index contributed by atoms with van der Waals surface area (Å²) in [6.07, 6.45) is 6.10. The van der Waals surface area contributed by atoms with Crippen LogP contribution >= 0.6 is 0 Å². The minimum Gasteiger partial charge on any atom is -0.489 e. The molecule has 2 amide bonds. The van der Waals surface area contributed by atoms with Crippen LogP contribution in [0.1, 0.15) is 56.6 Å². The van der Waals surface area contributed by atoms with Crippen molar-refractivity contribution in [2.75, 3.05) is 18.5 Å². The van der Waals surface area contributed by atoms with Crippen LogP contribution in [0.2, 0.25) is 0 Å². The van der Waals surface area contributed by atoms with Gasteiger partial charge in [0.05, 0.1) is 5.69 Å². The SMILES string of the molecule is CCCCCCCNC(=O)N(C)c1cc(CCC(=O)O)ccc1-c1ccc(OCc2ccccc2)cc1. The van der Waals surface area contributed by atoms with Gasteiger partial charge in [-0.2, -0.15) is 0 Å². The van der Waals surface area contributed by atoms with Crippen molar-refractivity contribution in [1.29, 1.82) is 0 Å². The molecule has 0 radical (unpaired) electrons. The third-order valence-corrected chi connectivity index (χ3v) is 6.33. The maximum Gasteiger partial charge on any atom is 0.321 e. The van der Waals surface area contributed by atoms with E-state index in [0.717, 1.165) is 46.5 Å². The summed E-state index contributed by atoms with van der Waals surface area (Å²) < 4.78 is 5.92. The molecule has 6 nitrogen and oxygen atoms in total. The Morgan fingerprint density at radius 3 is 2.32 bits per heavy atom. The highest BCUT2D eigenvalue weighted by atomic mass is 16.5. The number of aliphatic carboxylic acids is 1. The molecule has 0 heterocycles. The van der Waals surface area contributed by atoms with E-state index in [4.69, 9.17) is 9.84 Å². The van der Waals surface area contributed by atoms with Gasteiger partial charge < -0.3 is 15.2 Å². The second-order valence-corrected chi connectivity index (χ2v) is 9.25. The highest BCUT2D eigenvalue weighted by Gasteiger charge is 2.17. The molecule has 0 unspecified atom stereocenters. The largest absolute Gasteiger partial charge is 0.489 e. The number of aryl methyl sites for hydroxylation is 1. The average Bonchev–Trinajstić information content (AvgIpc) is 2.93. The van der Waals surface area contributed by atoms with Crippen LogP contribution in [0, 0.1) is 0 Å². The number of benzene rings is 3. The maximum absolute atomic E-state index is 13.0. The first kappa shape index (κ1) is 27.8. The Labute approximate surface area is 220 Å². The zero-order valence-electron chi connectivity index (χ0n) is 21.9. The fourth-order valence-corrected chi connectivity index (χ4v) is 4.13. The van der Waals surface area contributed by atoms with Crippen molar-refractivity contribution in [3.8, 4) is 16.9 Å². The van der Waals surface area contributed by atoms with Crippen LogP contribution in [0.15, 0.2) is 72.8 Å². The van der Waals surface area contributed by atoms with Crippen molar-refractivity contribution in [3.05, 3.63) is 83.9 Å². The molecular weight excluding hydrogens is 464 g/mol. The Morgan fingerprint density at radius 2 is 1.62 bits per heavy atom. The van der Waals surface area contributed by atoms with Crippen LogP contribution in [0.4, 0.5) is 10.5 Å². The molecule has 0 atom stereocenters. The van der Waals surface area contributed by atoms with Gasteiger partial charge in [-0.25, -0.2) is 4.79 Å². The van der Waals surface area contributed by atoms with Gasteiger partial charge >= 0.3 is 12.0 Å². The summed E-state index contributed by atoms with van der Waals surface area (Å²) in [4.78, 5) is 25.7. The molecule has 3 aromatic carbocycles. The van der Waals surface area contributed by atoms with Gasteiger partial charge in [0.1, 0.15) is 12.4 Å². The molecule has 2 N–H and O–H groups in total. The number of ether oxygens (including phenoxy) is 1. The topological polar surface area (TPSA) is 78.9 Å². The van der Waals surface area contributed by atoms with Gasteiger partial charge in [0.2, 0.25) is 0 Å². The van der Waals surface area contributed by atoms with Gasteiger partial charge in [-0.15, -0.1) is 0 Å². The zero-order valence-corrected chi connectivity index (χ0v) is 21.9. The minimum atomic E-state index is -0.842. The molecule has 3 rings (SSSR count). The number of carbonyl (C=O) groups excluding carboxylic acids is 1. The molecule has 0 aliphatic rings. The van der Waals surface area contributed by atoms with Crippen molar-refractivity contribution in [3.63, 3.8) is 0 Å². The number of rotatable bonds is 14. The monoisotopic (exact) mass is 502 g/mol. The Balaban J connectivity index is 1.74. The number of carboxylic acids is 1. The van der Waals surface area contributed by atoms with Gasteiger partial charge in [0.25, 0.3) is 0 Å². The number of nitrogens with one attached hydrogen (secondary N) is 1. The van der Waals surface area contributed by atoms with E-state index in [-0.39, 0.29) is 12.5 Å². The highest BCUT2D eigenvalue weighted by molar-refractivity contribution is 5.96. The summed E-state index contributed by atoms with van der Waals surface area (Å²) in [5.74, 6) is -0.0766. The first-order valence-electron chi connectivity index (χ1n) is 13.1. The van der Waals surface area contributed by atoms with Crippen LogP contribution in [-0.2, 0) is 17.8 Å². The summed E-state index contributed by atoms with van der Waals surface area (Å²) in [6.45, 7) is 3.31. The molecular formula is C31H38N2O4. The quantitative estimate of drug-likeness (QED) is 0.231. The van der Waals surface area contributed by atoms with Crippen LogP contribution in [-0.4, -0.2) is 30.7 Å². The maximum atomic E-state index is 13.0. The van der Waals surface area contributed by atoms with Crippen LogP contribution in [0.3, 0.4) is 0 Å². The summed E-state index contributed by atoms with van der Waals surface area (Å²) in [5, 5.41) is 12.1. The van der Waals surface area contributed by atoms with Crippen molar-refractivity contribution >= 4 is 17.7 Å². The molecule has 0 aromatic heterocycles. The van der Waals surface area contributed by atoms with E-state index in [1.165, 1.54) is 19.3 Å². The van der Waals surface area contributed by atoms with Gasteiger partial charge in [-0.05, 0) is 47.7 Å². The molecule has 0 aliphatic carbocycles. The molecule has 0 bridgehead atoms. The molecule has 0 saturated heterocycles. The van der Waals surface area contributed by atoms with Gasteiger partial charge in [-0.1, -0.05) is 87.2 Å². The predicted molar refractivity (Wildman–Crippen MR) is 149 cm³/mol. The second-order valence-electron chi connectivity index (χ2n) is 9.25. The standard InChI is InChI=1S/C31H38N2O4/c1-3-4-5-6-10-21-32-31(36)33(2)29-22-24(14-20-30(34)35)13-19-28(29)26-15-17-27(18-16-26)37-23-25-11-8-7-9-12-25/h7-9,11-13,15-19,22H,3-6,10,14,20-21,23H2,1-2H3,(H,32,36)(H,34,35). The summed E-state index contributed by atoms with van der Waals surface area (Å²) in [6, 6.07) is 23.5. The molecule has 0 fully saturated rings. The van der Waals surface area contributed by atoms with Crippen molar-refractivity contribution < 1.29 is 19.4 Å². The first-order valence-corrected chi connectivity index (χ1v) is 13.1. The van der Waals surface area contributed by atoms with E-state index in [0.29, 0.717) is 19.6 Å². The number of nitrogens with zero attached hydrogens (tertiary/aromatic N) is 1. The predicted octanol–water partition coefficient (Wildman–Crippen LogP) is 7.07. The molecule has 3 aromatic rings. The van der Waals surface area contributed by atoms with E-state index in [1.54, 1.807) is 11.9 Å². The first-order chi connectivity index (χ1) is 18.0. The Hall–Kier alpha value is -3.80. The van der Waals surface area contributed by atoms with E-state index in [1.807, 2.05) is 72.8 Å². The average molecular weight is 503 g/mol. The number of carbonyl (C=O) groups is 2. The van der Waals surface area contributed by atoms with Crippen LogP contribution in [0.25, 0.3) is 11.1 Å². The van der Waals surface area contributed by atoms with E-state index >= 15 is 0 Å². The number of anilines is 1.